The molecule has 0 aliphatic carbocycles. The first-order valence-corrected chi connectivity index (χ1v) is 6.97. The van der Waals surface area contributed by atoms with Gasteiger partial charge in [0.2, 0.25) is 0 Å². The van der Waals surface area contributed by atoms with Gasteiger partial charge in [-0.05, 0) is 29.7 Å². The van der Waals surface area contributed by atoms with Gasteiger partial charge in [0.1, 0.15) is 0 Å². The molecule has 1 heterocycles. The number of hydrogen-bond acceptors (Lipinski definition) is 2. The van der Waals surface area contributed by atoms with Crippen LogP contribution in [0, 0.1) is 0 Å². The lowest BCUT2D eigenvalue weighted by molar-refractivity contribution is 0.845. The highest BCUT2D eigenvalue weighted by Gasteiger charge is 2.20. The van der Waals surface area contributed by atoms with Crippen LogP contribution in [0.4, 0.5) is 17.1 Å². The van der Waals surface area contributed by atoms with E-state index in [0.29, 0.717) is 5.92 Å². The van der Waals surface area contributed by atoms with Crippen LogP contribution in [-0.2, 0) is 0 Å². The predicted molar refractivity (Wildman–Crippen MR) is 82.5 cm³/mol. The number of anilines is 3. The first kappa shape index (κ1) is 12.1. The topological polar surface area (TPSA) is 15.3 Å². The third-order valence-corrected chi connectivity index (χ3v) is 3.70. The largest absolute Gasteiger partial charge is 0.382 e. The fraction of sp³-hybridized carbons (Fsp3) is 0.294. The molecule has 0 atom stereocenters. The normalized spacial score (nSPS) is 14.2. The van der Waals surface area contributed by atoms with E-state index in [4.69, 9.17) is 0 Å². The van der Waals surface area contributed by atoms with Crippen LogP contribution in [0.3, 0.4) is 0 Å². The lowest BCUT2D eigenvalue weighted by Gasteiger charge is -2.34. The number of benzene rings is 2. The van der Waals surface area contributed by atoms with Gasteiger partial charge in [0, 0.05) is 18.8 Å². The van der Waals surface area contributed by atoms with Gasteiger partial charge in [-0.3, -0.25) is 0 Å². The number of para-hydroxylation sites is 3. The maximum atomic E-state index is 3.47. The molecule has 0 amide bonds. The summed E-state index contributed by atoms with van der Waals surface area (Å²) in [7, 11) is 0. The van der Waals surface area contributed by atoms with Crippen LogP contribution in [0.1, 0.15) is 25.3 Å². The molecule has 2 aromatic carbocycles. The van der Waals surface area contributed by atoms with Gasteiger partial charge in [-0.15, -0.1) is 0 Å². The molecule has 0 aromatic heterocycles. The highest BCUT2D eigenvalue weighted by molar-refractivity contribution is 5.79. The Balaban J connectivity index is 2.09. The van der Waals surface area contributed by atoms with Crippen molar-refractivity contribution in [2.75, 3.05) is 23.3 Å². The molecule has 1 N–H and O–H groups in total. The van der Waals surface area contributed by atoms with Crippen molar-refractivity contribution in [3.05, 3.63) is 54.1 Å². The Hall–Kier alpha value is -1.96. The summed E-state index contributed by atoms with van der Waals surface area (Å²) in [5.41, 5.74) is 5.26. The van der Waals surface area contributed by atoms with Crippen LogP contribution < -0.4 is 10.2 Å². The van der Waals surface area contributed by atoms with Crippen LogP contribution >= 0.6 is 0 Å². The fourth-order valence-corrected chi connectivity index (χ4v) is 2.75. The van der Waals surface area contributed by atoms with E-state index in [1.807, 2.05) is 0 Å². The van der Waals surface area contributed by atoms with Crippen molar-refractivity contribution in [1.29, 1.82) is 0 Å². The molecule has 0 saturated heterocycles. The van der Waals surface area contributed by atoms with E-state index in [1.165, 1.54) is 22.6 Å². The molecule has 2 heteroatoms. The second-order valence-corrected chi connectivity index (χ2v) is 5.31. The van der Waals surface area contributed by atoms with E-state index in [2.05, 4.69) is 72.6 Å². The fourth-order valence-electron chi connectivity index (χ4n) is 2.75. The summed E-state index contributed by atoms with van der Waals surface area (Å²) in [5.74, 6) is 0.540. The molecule has 1 aliphatic rings. The van der Waals surface area contributed by atoms with Crippen LogP contribution in [0.5, 0.6) is 0 Å². The summed E-state index contributed by atoms with van der Waals surface area (Å²) < 4.78 is 0. The molecule has 98 valence electrons. The average Bonchev–Trinajstić information content (AvgIpc) is 2.46. The van der Waals surface area contributed by atoms with Gasteiger partial charge < -0.3 is 10.2 Å². The van der Waals surface area contributed by atoms with Gasteiger partial charge in [0.15, 0.2) is 0 Å². The molecule has 0 saturated carbocycles. The van der Waals surface area contributed by atoms with Crippen LogP contribution in [-0.4, -0.2) is 13.1 Å². The zero-order chi connectivity index (χ0) is 13.2. The van der Waals surface area contributed by atoms with Gasteiger partial charge in [-0.25, -0.2) is 0 Å². The van der Waals surface area contributed by atoms with Crippen molar-refractivity contribution in [3.8, 4) is 0 Å². The minimum atomic E-state index is 0.540. The summed E-state index contributed by atoms with van der Waals surface area (Å²) >= 11 is 0. The van der Waals surface area contributed by atoms with Crippen molar-refractivity contribution in [1.82, 2.24) is 0 Å². The Bertz CT molecular complexity index is 575. The van der Waals surface area contributed by atoms with Crippen molar-refractivity contribution in [3.63, 3.8) is 0 Å². The van der Waals surface area contributed by atoms with Crippen LogP contribution in [0.15, 0.2) is 48.5 Å². The Morgan fingerprint density at radius 1 is 0.947 bits per heavy atom. The molecule has 3 rings (SSSR count). The minimum Gasteiger partial charge on any atom is -0.382 e. The Kier molecular flexibility index (Phi) is 3.16. The highest BCUT2D eigenvalue weighted by Crippen LogP contribution is 2.37. The Labute approximate surface area is 115 Å². The maximum absolute atomic E-state index is 3.47. The van der Waals surface area contributed by atoms with Gasteiger partial charge >= 0.3 is 0 Å². The van der Waals surface area contributed by atoms with E-state index in [-0.39, 0.29) is 0 Å². The first-order chi connectivity index (χ1) is 9.27. The third kappa shape index (κ3) is 2.19. The SMILES string of the molecule is CC(C)c1ccccc1N1CCNc2ccccc21. The first-order valence-electron chi connectivity index (χ1n) is 6.97. The molecule has 1 aliphatic heterocycles. The van der Waals surface area contributed by atoms with Crippen molar-refractivity contribution >= 4 is 17.1 Å². The monoisotopic (exact) mass is 252 g/mol. The molecular weight excluding hydrogens is 232 g/mol. The summed E-state index contributed by atoms with van der Waals surface area (Å²) in [6, 6.07) is 17.3. The number of hydrogen-bond donors (Lipinski definition) is 1. The molecule has 2 aromatic rings. The third-order valence-electron chi connectivity index (χ3n) is 3.70. The zero-order valence-electron chi connectivity index (χ0n) is 11.6. The minimum absolute atomic E-state index is 0.540. The van der Waals surface area contributed by atoms with Crippen molar-refractivity contribution in [2.45, 2.75) is 19.8 Å². The van der Waals surface area contributed by atoms with Crippen molar-refractivity contribution < 1.29 is 0 Å². The molecule has 2 nitrogen and oxygen atoms in total. The standard InChI is InChI=1S/C17H20N2/c1-13(2)14-7-3-5-9-16(14)19-12-11-18-15-8-4-6-10-17(15)19/h3-10,13,18H,11-12H2,1-2H3. The molecule has 0 unspecified atom stereocenters. The van der Waals surface area contributed by atoms with E-state index in [0.717, 1.165) is 13.1 Å². The van der Waals surface area contributed by atoms with E-state index < -0.39 is 0 Å². The number of nitrogens with zero attached hydrogens (tertiary/aromatic N) is 1. The lowest BCUT2D eigenvalue weighted by Crippen LogP contribution is -2.30. The molecule has 0 bridgehead atoms. The summed E-state index contributed by atoms with van der Waals surface area (Å²) in [5, 5.41) is 3.47. The van der Waals surface area contributed by atoms with Crippen molar-refractivity contribution in [2.24, 2.45) is 0 Å². The van der Waals surface area contributed by atoms with Crippen LogP contribution in [0.2, 0.25) is 0 Å². The quantitative estimate of drug-likeness (QED) is 0.853. The molecule has 0 fully saturated rings. The lowest BCUT2D eigenvalue weighted by atomic mass is 9.99. The molecule has 0 spiro atoms. The maximum Gasteiger partial charge on any atom is 0.0647 e. The second-order valence-electron chi connectivity index (χ2n) is 5.31. The molecule has 19 heavy (non-hydrogen) atoms. The predicted octanol–water partition coefficient (Wildman–Crippen LogP) is 4.37. The van der Waals surface area contributed by atoms with E-state index in [9.17, 15) is 0 Å². The molecular formula is C17H20N2. The number of nitrogens with one attached hydrogen (secondary N) is 1. The smallest absolute Gasteiger partial charge is 0.0647 e. The average molecular weight is 252 g/mol. The highest BCUT2D eigenvalue weighted by atomic mass is 15.2. The second kappa shape index (κ2) is 4.96. The Morgan fingerprint density at radius 2 is 1.63 bits per heavy atom. The van der Waals surface area contributed by atoms with Gasteiger partial charge in [-0.2, -0.15) is 0 Å². The molecule has 0 radical (unpaired) electrons. The van der Waals surface area contributed by atoms with Gasteiger partial charge in [0.05, 0.1) is 11.4 Å². The Morgan fingerprint density at radius 3 is 2.42 bits per heavy atom. The van der Waals surface area contributed by atoms with Gasteiger partial charge in [-0.1, -0.05) is 44.2 Å². The van der Waals surface area contributed by atoms with E-state index in [1.54, 1.807) is 0 Å². The van der Waals surface area contributed by atoms with E-state index >= 15 is 0 Å². The van der Waals surface area contributed by atoms with Crippen LogP contribution in [0.25, 0.3) is 0 Å². The summed E-state index contributed by atoms with van der Waals surface area (Å²) in [6.45, 7) is 6.52. The zero-order valence-corrected chi connectivity index (χ0v) is 11.6. The summed E-state index contributed by atoms with van der Waals surface area (Å²) in [6.07, 6.45) is 0. The number of rotatable bonds is 2. The summed E-state index contributed by atoms with van der Waals surface area (Å²) in [4.78, 5) is 2.43. The van der Waals surface area contributed by atoms with Gasteiger partial charge in [0.25, 0.3) is 0 Å². The number of fused-ring (bicyclic) bond motifs is 1.